The Morgan fingerprint density at radius 1 is 0.848 bits per heavy atom. The van der Waals surface area contributed by atoms with Gasteiger partial charge in [-0.15, -0.1) is 0 Å². The van der Waals surface area contributed by atoms with Crippen molar-refractivity contribution in [1.29, 1.82) is 0 Å². The van der Waals surface area contributed by atoms with Crippen molar-refractivity contribution in [2.24, 2.45) is 5.10 Å². The second kappa shape index (κ2) is 10.7. The predicted molar refractivity (Wildman–Crippen MR) is 130 cm³/mol. The first kappa shape index (κ1) is 23.9. The average Bonchev–Trinajstić information content (AvgIpc) is 2.80. The van der Waals surface area contributed by atoms with E-state index in [0.717, 1.165) is 11.1 Å². The molecule has 0 aliphatic rings. The van der Waals surface area contributed by atoms with Gasteiger partial charge in [0.1, 0.15) is 5.75 Å². The van der Waals surface area contributed by atoms with Gasteiger partial charge in [0.05, 0.1) is 11.3 Å². The van der Waals surface area contributed by atoms with Gasteiger partial charge in [0.15, 0.2) is 0 Å². The van der Waals surface area contributed by atoms with Crippen LogP contribution >= 0.6 is 15.9 Å². The number of carbonyl (C=O) groups is 3. The zero-order valence-corrected chi connectivity index (χ0v) is 19.9. The van der Waals surface area contributed by atoms with E-state index in [1.165, 1.54) is 0 Å². The van der Waals surface area contributed by atoms with Crippen LogP contribution in [0.3, 0.4) is 0 Å². The summed E-state index contributed by atoms with van der Waals surface area (Å²) in [4.78, 5) is 37.0. The number of aryl methyl sites for hydroxylation is 2. The molecule has 3 aromatic rings. The Labute approximate surface area is 200 Å². The molecule has 0 aromatic heterocycles. The lowest BCUT2D eigenvalue weighted by atomic mass is 10.1. The summed E-state index contributed by atoms with van der Waals surface area (Å²) in [6.07, 6.45) is 0. The van der Waals surface area contributed by atoms with Gasteiger partial charge in [-0.1, -0.05) is 30.3 Å². The van der Waals surface area contributed by atoms with Crippen LogP contribution in [0.15, 0.2) is 76.3 Å². The van der Waals surface area contributed by atoms with E-state index >= 15 is 0 Å². The molecule has 3 aromatic carbocycles. The van der Waals surface area contributed by atoms with Crippen molar-refractivity contribution in [3.63, 3.8) is 0 Å². The maximum absolute atomic E-state index is 12.6. The van der Waals surface area contributed by atoms with Crippen LogP contribution in [0.1, 0.15) is 34.0 Å². The summed E-state index contributed by atoms with van der Waals surface area (Å²) in [5, 5.41) is 6.54. The lowest BCUT2D eigenvalue weighted by Crippen LogP contribution is -2.33. The first-order chi connectivity index (χ1) is 15.8. The second-order valence-electron chi connectivity index (χ2n) is 7.26. The van der Waals surface area contributed by atoms with E-state index in [-0.39, 0.29) is 5.75 Å². The quantitative estimate of drug-likeness (QED) is 0.171. The molecule has 2 N–H and O–H groups in total. The molecule has 0 spiro atoms. The van der Waals surface area contributed by atoms with Crippen molar-refractivity contribution in [2.75, 3.05) is 5.32 Å². The largest absolute Gasteiger partial charge is 0.422 e. The zero-order valence-electron chi connectivity index (χ0n) is 18.3. The number of carbonyl (C=O) groups excluding carboxylic acids is 3. The number of esters is 1. The average molecular weight is 508 g/mol. The van der Waals surface area contributed by atoms with Crippen LogP contribution in [-0.4, -0.2) is 23.5 Å². The molecule has 168 valence electrons. The number of hydrogen-bond acceptors (Lipinski definition) is 5. The van der Waals surface area contributed by atoms with Gasteiger partial charge < -0.3 is 10.1 Å². The molecule has 33 heavy (non-hydrogen) atoms. The number of ether oxygens (including phenoxy) is 1. The molecule has 0 bridgehead atoms. The second-order valence-corrected chi connectivity index (χ2v) is 8.11. The summed E-state index contributed by atoms with van der Waals surface area (Å²) in [7, 11) is 0. The highest BCUT2D eigenvalue weighted by atomic mass is 79.9. The van der Waals surface area contributed by atoms with E-state index in [4.69, 9.17) is 4.74 Å². The number of hydrogen-bond donors (Lipinski definition) is 2. The number of halogens is 1. The van der Waals surface area contributed by atoms with Gasteiger partial charge in [0, 0.05) is 15.7 Å². The summed E-state index contributed by atoms with van der Waals surface area (Å²) in [5.41, 5.74) is 6.06. The maximum Gasteiger partial charge on any atom is 0.344 e. The number of rotatable bonds is 5. The molecule has 2 amide bonds. The minimum atomic E-state index is -0.921. The summed E-state index contributed by atoms with van der Waals surface area (Å²) >= 11 is 3.33. The number of benzene rings is 3. The summed E-state index contributed by atoms with van der Waals surface area (Å²) in [6.45, 7) is 5.50. The molecule has 0 unspecified atom stereocenters. The molecule has 0 saturated heterocycles. The van der Waals surface area contributed by atoms with Crippen LogP contribution in [0.25, 0.3) is 0 Å². The molecule has 0 atom stereocenters. The standard InChI is InChI=1S/C25H22BrN3O4/c1-15-12-13-18(14-16(15)2)27-23(30)24(31)29-28-17(3)19-8-5-7-11-22(19)33-25(32)20-9-4-6-10-21(20)26/h4-14H,1-3H3,(H,27,30)(H,29,31)/b28-17+. The molecule has 0 radical (unpaired) electrons. The third kappa shape index (κ3) is 6.14. The monoisotopic (exact) mass is 507 g/mol. The number of hydrazone groups is 1. The molecule has 0 saturated carbocycles. The number of anilines is 1. The minimum Gasteiger partial charge on any atom is -0.422 e. The summed E-state index contributed by atoms with van der Waals surface area (Å²) < 4.78 is 6.16. The Bertz CT molecular complexity index is 1250. The molecule has 0 aliphatic carbocycles. The van der Waals surface area contributed by atoms with Crippen LogP contribution in [0.5, 0.6) is 5.75 Å². The van der Waals surface area contributed by atoms with Gasteiger partial charge in [-0.05, 0) is 84.2 Å². The van der Waals surface area contributed by atoms with E-state index < -0.39 is 17.8 Å². The van der Waals surface area contributed by atoms with Gasteiger partial charge in [0.2, 0.25) is 0 Å². The van der Waals surface area contributed by atoms with Crippen LogP contribution in [0.4, 0.5) is 5.69 Å². The van der Waals surface area contributed by atoms with Crippen LogP contribution in [0.2, 0.25) is 0 Å². The molecule has 0 heterocycles. The smallest absolute Gasteiger partial charge is 0.344 e. The lowest BCUT2D eigenvalue weighted by Gasteiger charge is -2.11. The first-order valence-corrected chi connectivity index (χ1v) is 10.8. The number of para-hydroxylation sites is 1. The van der Waals surface area contributed by atoms with Gasteiger partial charge in [-0.25, -0.2) is 10.2 Å². The zero-order chi connectivity index (χ0) is 24.0. The van der Waals surface area contributed by atoms with E-state index in [9.17, 15) is 14.4 Å². The van der Waals surface area contributed by atoms with E-state index in [1.807, 2.05) is 19.9 Å². The summed E-state index contributed by atoms with van der Waals surface area (Å²) in [6, 6.07) is 19.1. The van der Waals surface area contributed by atoms with Crippen LogP contribution in [0, 0.1) is 13.8 Å². The van der Waals surface area contributed by atoms with Gasteiger partial charge in [-0.3, -0.25) is 9.59 Å². The van der Waals surface area contributed by atoms with Crippen molar-refractivity contribution in [1.82, 2.24) is 5.43 Å². The Kier molecular flexibility index (Phi) is 7.74. The fourth-order valence-electron chi connectivity index (χ4n) is 2.89. The van der Waals surface area contributed by atoms with Crippen molar-refractivity contribution >= 4 is 45.1 Å². The fourth-order valence-corrected chi connectivity index (χ4v) is 3.34. The van der Waals surface area contributed by atoms with Gasteiger partial charge >= 0.3 is 17.8 Å². The van der Waals surface area contributed by atoms with Gasteiger partial charge in [0.25, 0.3) is 0 Å². The van der Waals surface area contributed by atoms with Crippen molar-refractivity contribution < 1.29 is 19.1 Å². The predicted octanol–water partition coefficient (Wildman–Crippen LogP) is 4.76. The Balaban J connectivity index is 1.69. The number of nitrogens with one attached hydrogen (secondary N) is 2. The number of nitrogens with zero attached hydrogens (tertiary/aromatic N) is 1. The topological polar surface area (TPSA) is 96.9 Å². The van der Waals surface area contributed by atoms with Crippen molar-refractivity contribution in [3.8, 4) is 5.75 Å². The molecule has 3 rings (SSSR count). The minimum absolute atomic E-state index is 0.272. The van der Waals surface area contributed by atoms with Crippen LogP contribution < -0.4 is 15.5 Å². The first-order valence-electron chi connectivity index (χ1n) is 10.0. The third-order valence-electron chi connectivity index (χ3n) is 4.87. The summed E-state index contributed by atoms with van der Waals surface area (Å²) in [5.74, 6) is -2.04. The van der Waals surface area contributed by atoms with Gasteiger partial charge in [-0.2, -0.15) is 5.10 Å². The molecule has 0 aliphatic heterocycles. The van der Waals surface area contributed by atoms with Crippen LogP contribution in [-0.2, 0) is 9.59 Å². The Morgan fingerprint density at radius 2 is 1.52 bits per heavy atom. The molecule has 8 heteroatoms. The van der Waals surface area contributed by atoms with E-state index in [0.29, 0.717) is 27.0 Å². The van der Waals surface area contributed by atoms with Crippen molar-refractivity contribution in [2.45, 2.75) is 20.8 Å². The Hall–Kier alpha value is -3.78. The SMILES string of the molecule is C/C(=N\NC(=O)C(=O)Nc1ccc(C)c(C)c1)c1ccccc1OC(=O)c1ccccc1Br. The van der Waals surface area contributed by atoms with Crippen molar-refractivity contribution in [3.05, 3.63) is 93.5 Å². The molecule has 0 fully saturated rings. The van der Waals surface area contributed by atoms with E-state index in [2.05, 4.69) is 31.8 Å². The molecule has 7 nitrogen and oxygen atoms in total. The third-order valence-corrected chi connectivity index (χ3v) is 5.56. The normalized spacial score (nSPS) is 11.0. The maximum atomic E-state index is 12.6. The highest BCUT2D eigenvalue weighted by molar-refractivity contribution is 9.10. The lowest BCUT2D eigenvalue weighted by molar-refractivity contribution is -0.136. The fraction of sp³-hybridized carbons (Fsp3) is 0.120. The molecular weight excluding hydrogens is 486 g/mol. The number of amides is 2. The Morgan fingerprint density at radius 3 is 2.21 bits per heavy atom. The van der Waals surface area contributed by atoms with E-state index in [1.54, 1.807) is 67.6 Å². The molecular formula is C25H22BrN3O4. The highest BCUT2D eigenvalue weighted by Gasteiger charge is 2.17. The highest BCUT2D eigenvalue weighted by Crippen LogP contribution is 2.23.